The zero-order valence-corrected chi connectivity index (χ0v) is 15.7. The standard InChI is InChI=1S/C19H27N3O4/c1-20-9-7-19(8-10-20)17(23)21(18(24)22(19)11-12-25-2)14-15-5-4-6-16(13-15)26-3/h4-6,13H,7-12,14H2,1-3H3. The number of benzene rings is 1. The summed E-state index contributed by atoms with van der Waals surface area (Å²) < 4.78 is 10.4. The van der Waals surface area contributed by atoms with Crippen molar-refractivity contribution in [1.82, 2.24) is 14.7 Å². The minimum Gasteiger partial charge on any atom is -0.497 e. The molecule has 0 aromatic heterocycles. The molecule has 1 spiro atoms. The Balaban J connectivity index is 1.86. The van der Waals surface area contributed by atoms with E-state index >= 15 is 0 Å². The number of urea groups is 1. The zero-order chi connectivity index (χ0) is 18.7. The summed E-state index contributed by atoms with van der Waals surface area (Å²) in [5, 5.41) is 0. The van der Waals surface area contributed by atoms with Gasteiger partial charge in [0, 0.05) is 26.7 Å². The molecule has 0 atom stereocenters. The molecule has 0 radical (unpaired) electrons. The minimum absolute atomic E-state index is 0.0884. The highest BCUT2D eigenvalue weighted by atomic mass is 16.5. The molecule has 142 valence electrons. The lowest BCUT2D eigenvalue weighted by molar-refractivity contribution is -0.136. The number of hydrogen-bond donors (Lipinski definition) is 0. The lowest BCUT2D eigenvalue weighted by Gasteiger charge is -2.41. The van der Waals surface area contributed by atoms with Crippen LogP contribution in [0.15, 0.2) is 24.3 Å². The maximum absolute atomic E-state index is 13.3. The van der Waals surface area contributed by atoms with Gasteiger partial charge in [0.15, 0.2) is 0 Å². The van der Waals surface area contributed by atoms with Gasteiger partial charge in [-0.05, 0) is 37.6 Å². The lowest BCUT2D eigenvalue weighted by Crippen LogP contribution is -2.56. The number of likely N-dealkylation sites (tertiary alicyclic amines) is 1. The van der Waals surface area contributed by atoms with Crippen molar-refractivity contribution in [3.8, 4) is 5.75 Å². The van der Waals surface area contributed by atoms with Gasteiger partial charge >= 0.3 is 6.03 Å². The molecule has 1 aromatic carbocycles. The second kappa shape index (κ2) is 7.63. The second-order valence-electron chi connectivity index (χ2n) is 7.00. The average Bonchev–Trinajstić information content (AvgIpc) is 2.84. The maximum Gasteiger partial charge on any atom is 0.328 e. The van der Waals surface area contributed by atoms with E-state index in [1.807, 2.05) is 31.3 Å². The predicted molar refractivity (Wildman–Crippen MR) is 97.0 cm³/mol. The van der Waals surface area contributed by atoms with Crippen LogP contribution in [0.4, 0.5) is 4.79 Å². The summed E-state index contributed by atoms with van der Waals surface area (Å²) in [7, 11) is 5.25. The molecule has 2 saturated heterocycles. The van der Waals surface area contributed by atoms with Crippen LogP contribution in [-0.4, -0.2) is 79.7 Å². The Hall–Kier alpha value is -2.12. The molecule has 26 heavy (non-hydrogen) atoms. The average molecular weight is 361 g/mol. The topological polar surface area (TPSA) is 62.3 Å². The predicted octanol–water partition coefficient (Wildman–Crippen LogP) is 1.57. The molecule has 0 saturated carbocycles. The van der Waals surface area contributed by atoms with Gasteiger partial charge in [-0.3, -0.25) is 9.69 Å². The quantitative estimate of drug-likeness (QED) is 0.720. The van der Waals surface area contributed by atoms with E-state index in [-0.39, 0.29) is 18.5 Å². The molecular weight excluding hydrogens is 334 g/mol. The van der Waals surface area contributed by atoms with Crippen molar-refractivity contribution in [2.75, 3.05) is 47.5 Å². The first-order valence-corrected chi connectivity index (χ1v) is 8.96. The Morgan fingerprint density at radius 1 is 1.15 bits per heavy atom. The van der Waals surface area contributed by atoms with Crippen LogP contribution in [0.1, 0.15) is 18.4 Å². The molecular formula is C19H27N3O4. The van der Waals surface area contributed by atoms with Gasteiger partial charge in [0.25, 0.3) is 5.91 Å². The number of carbonyl (C=O) groups excluding carboxylic acids is 2. The summed E-state index contributed by atoms with van der Waals surface area (Å²) in [6.07, 6.45) is 1.32. The normalized spacial score (nSPS) is 20.3. The van der Waals surface area contributed by atoms with Gasteiger partial charge in [-0.1, -0.05) is 12.1 Å². The van der Waals surface area contributed by atoms with E-state index in [1.54, 1.807) is 19.1 Å². The van der Waals surface area contributed by atoms with Crippen molar-refractivity contribution in [2.45, 2.75) is 24.9 Å². The first-order chi connectivity index (χ1) is 12.5. The van der Waals surface area contributed by atoms with Crippen LogP contribution in [-0.2, 0) is 16.1 Å². The number of piperidine rings is 1. The molecule has 1 aromatic rings. The molecule has 0 bridgehead atoms. The molecule has 3 amide bonds. The fourth-order valence-electron chi connectivity index (χ4n) is 3.84. The summed E-state index contributed by atoms with van der Waals surface area (Å²) in [6, 6.07) is 7.26. The van der Waals surface area contributed by atoms with Gasteiger partial charge in [0.05, 0.1) is 20.3 Å². The van der Waals surface area contributed by atoms with E-state index in [2.05, 4.69) is 4.90 Å². The molecule has 2 aliphatic rings. The van der Waals surface area contributed by atoms with Crippen molar-refractivity contribution in [2.24, 2.45) is 0 Å². The second-order valence-corrected chi connectivity index (χ2v) is 7.00. The lowest BCUT2D eigenvalue weighted by atomic mass is 9.86. The Bertz CT molecular complexity index is 671. The molecule has 3 rings (SSSR count). The number of ether oxygens (including phenoxy) is 2. The van der Waals surface area contributed by atoms with E-state index in [0.717, 1.165) is 18.7 Å². The van der Waals surface area contributed by atoms with Gasteiger partial charge < -0.3 is 19.3 Å². The van der Waals surface area contributed by atoms with Gasteiger partial charge in [-0.25, -0.2) is 4.79 Å². The summed E-state index contributed by atoms with van der Waals surface area (Å²) in [6.45, 7) is 2.71. The Kier molecular flexibility index (Phi) is 5.48. The first-order valence-electron chi connectivity index (χ1n) is 8.96. The Morgan fingerprint density at radius 3 is 2.54 bits per heavy atom. The molecule has 7 nitrogen and oxygen atoms in total. The summed E-state index contributed by atoms with van der Waals surface area (Å²) in [5.74, 6) is 0.626. The number of nitrogens with zero attached hydrogens (tertiary/aromatic N) is 3. The van der Waals surface area contributed by atoms with Crippen LogP contribution in [0.3, 0.4) is 0 Å². The first kappa shape index (κ1) is 18.7. The number of imide groups is 1. The number of amides is 3. The van der Waals surface area contributed by atoms with Crippen molar-refractivity contribution >= 4 is 11.9 Å². The van der Waals surface area contributed by atoms with Crippen molar-refractivity contribution in [3.05, 3.63) is 29.8 Å². The number of hydrogen-bond acceptors (Lipinski definition) is 5. The van der Waals surface area contributed by atoms with Crippen LogP contribution in [0, 0.1) is 0 Å². The molecule has 0 N–H and O–H groups in total. The van der Waals surface area contributed by atoms with E-state index < -0.39 is 5.54 Å². The Morgan fingerprint density at radius 2 is 1.88 bits per heavy atom. The third-order valence-electron chi connectivity index (χ3n) is 5.43. The smallest absolute Gasteiger partial charge is 0.328 e. The summed E-state index contributed by atoms with van der Waals surface area (Å²) in [5.41, 5.74) is 0.142. The van der Waals surface area contributed by atoms with Crippen LogP contribution in [0.2, 0.25) is 0 Å². The highest BCUT2D eigenvalue weighted by Gasteiger charge is 2.57. The highest BCUT2D eigenvalue weighted by Crippen LogP contribution is 2.37. The molecule has 2 fully saturated rings. The SMILES string of the molecule is COCCN1C(=O)N(Cc2cccc(OC)c2)C(=O)C12CCN(C)CC2. The summed E-state index contributed by atoms with van der Waals surface area (Å²) in [4.78, 5) is 31.7. The van der Waals surface area contributed by atoms with Crippen LogP contribution in [0.25, 0.3) is 0 Å². The van der Waals surface area contributed by atoms with Gasteiger partial charge in [-0.2, -0.15) is 0 Å². The fraction of sp³-hybridized carbons (Fsp3) is 0.579. The molecule has 0 unspecified atom stereocenters. The number of rotatable bonds is 6. The highest BCUT2D eigenvalue weighted by molar-refractivity contribution is 6.07. The van der Waals surface area contributed by atoms with E-state index in [1.165, 1.54) is 4.90 Å². The summed E-state index contributed by atoms with van der Waals surface area (Å²) >= 11 is 0. The molecule has 7 heteroatoms. The van der Waals surface area contributed by atoms with Crippen LogP contribution < -0.4 is 4.74 Å². The third-order valence-corrected chi connectivity index (χ3v) is 5.43. The molecule has 2 aliphatic heterocycles. The molecule has 2 heterocycles. The minimum atomic E-state index is -0.735. The maximum atomic E-state index is 13.3. The van der Waals surface area contributed by atoms with E-state index in [4.69, 9.17) is 9.47 Å². The zero-order valence-electron chi connectivity index (χ0n) is 15.7. The van der Waals surface area contributed by atoms with Gasteiger partial charge in [-0.15, -0.1) is 0 Å². The largest absolute Gasteiger partial charge is 0.497 e. The Labute approximate surface area is 154 Å². The van der Waals surface area contributed by atoms with Gasteiger partial charge in [0.1, 0.15) is 11.3 Å². The third kappa shape index (κ3) is 3.29. The van der Waals surface area contributed by atoms with E-state index in [0.29, 0.717) is 31.7 Å². The van der Waals surface area contributed by atoms with Crippen LogP contribution in [0.5, 0.6) is 5.75 Å². The van der Waals surface area contributed by atoms with E-state index in [9.17, 15) is 9.59 Å². The molecule has 0 aliphatic carbocycles. The van der Waals surface area contributed by atoms with Gasteiger partial charge in [0.2, 0.25) is 0 Å². The fourth-order valence-corrected chi connectivity index (χ4v) is 3.84. The van der Waals surface area contributed by atoms with Crippen LogP contribution >= 0.6 is 0 Å². The number of methoxy groups -OCH3 is 2. The number of carbonyl (C=O) groups is 2. The van der Waals surface area contributed by atoms with Crippen molar-refractivity contribution in [1.29, 1.82) is 0 Å². The van der Waals surface area contributed by atoms with Crippen molar-refractivity contribution < 1.29 is 19.1 Å². The monoisotopic (exact) mass is 361 g/mol. The van der Waals surface area contributed by atoms with Crippen molar-refractivity contribution in [3.63, 3.8) is 0 Å².